The summed E-state index contributed by atoms with van der Waals surface area (Å²) >= 11 is 0. The predicted molar refractivity (Wildman–Crippen MR) is 116 cm³/mol. The van der Waals surface area contributed by atoms with Gasteiger partial charge in [-0.15, -0.1) is 0 Å². The molecule has 0 radical (unpaired) electrons. The van der Waals surface area contributed by atoms with Gasteiger partial charge in [-0.2, -0.15) is 0 Å². The molecule has 160 valence electrons. The largest absolute Gasteiger partial charge is 0.493 e. The van der Waals surface area contributed by atoms with E-state index in [0.717, 1.165) is 5.52 Å². The highest BCUT2D eigenvalue weighted by Crippen LogP contribution is 2.34. The SMILES string of the molecule is COc1cccc(NC(=O)NCCS(=O)(=O)c2c(C)n(C)c3ccccc23)c1OC. The Morgan fingerprint density at radius 3 is 2.50 bits per heavy atom. The Hall–Kier alpha value is -3.20. The first-order valence-electron chi connectivity index (χ1n) is 9.32. The van der Waals surface area contributed by atoms with Gasteiger partial charge in [0, 0.05) is 30.2 Å². The number of urea groups is 1. The molecular weight excluding hydrogens is 406 g/mol. The third-order valence-corrected chi connectivity index (χ3v) is 6.84. The number of nitrogens with one attached hydrogen (secondary N) is 2. The fourth-order valence-electron chi connectivity index (χ4n) is 3.43. The maximum absolute atomic E-state index is 13.0. The average Bonchev–Trinajstić information content (AvgIpc) is 2.98. The van der Waals surface area contributed by atoms with Crippen LogP contribution in [0.1, 0.15) is 5.69 Å². The van der Waals surface area contributed by atoms with E-state index in [1.165, 1.54) is 14.2 Å². The molecular formula is C21H25N3O5S. The average molecular weight is 432 g/mol. The van der Waals surface area contributed by atoms with E-state index in [4.69, 9.17) is 9.47 Å². The van der Waals surface area contributed by atoms with Crippen molar-refractivity contribution in [3.8, 4) is 11.5 Å². The second kappa shape index (κ2) is 8.66. The van der Waals surface area contributed by atoms with E-state index >= 15 is 0 Å². The first-order chi connectivity index (χ1) is 14.3. The van der Waals surface area contributed by atoms with Crippen molar-refractivity contribution in [2.75, 3.05) is 31.8 Å². The number of aryl methyl sites for hydroxylation is 1. The van der Waals surface area contributed by atoms with Crippen LogP contribution in [-0.2, 0) is 16.9 Å². The number of amides is 2. The number of anilines is 1. The smallest absolute Gasteiger partial charge is 0.319 e. The fraction of sp³-hybridized carbons (Fsp3) is 0.286. The van der Waals surface area contributed by atoms with Crippen molar-refractivity contribution in [2.45, 2.75) is 11.8 Å². The molecule has 2 amide bonds. The van der Waals surface area contributed by atoms with Crippen LogP contribution in [0.4, 0.5) is 10.5 Å². The summed E-state index contributed by atoms with van der Waals surface area (Å²) in [6, 6.07) is 11.9. The maximum atomic E-state index is 13.0. The molecule has 2 N–H and O–H groups in total. The van der Waals surface area contributed by atoms with E-state index < -0.39 is 15.9 Å². The lowest BCUT2D eigenvalue weighted by Gasteiger charge is -2.14. The summed E-state index contributed by atoms with van der Waals surface area (Å²) in [5.74, 6) is 0.642. The molecule has 0 atom stereocenters. The van der Waals surface area contributed by atoms with Gasteiger partial charge in [-0.3, -0.25) is 0 Å². The van der Waals surface area contributed by atoms with Gasteiger partial charge in [-0.1, -0.05) is 24.3 Å². The summed E-state index contributed by atoms with van der Waals surface area (Å²) in [4.78, 5) is 12.6. The first kappa shape index (κ1) is 21.5. The summed E-state index contributed by atoms with van der Waals surface area (Å²) in [5, 5.41) is 5.92. The molecule has 0 aliphatic heterocycles. The van der Waals surface area contributed by atoms with Gasteiger partial charge in [-0.05, 0) is 25.1 Å². The van der Waals surface area contributed by atoms with Gasteiger partial charge in [0.2, 0.25) is 0 Å². The van der Waals surface area contributed by atoms with Crippen molar-refractivity contribution in [3.05, 3.63) is 48.2 Å². The van der Waals surface area contributed by atoms with Crippen molar-refractivity contribution in [2.24, 2.45) is 7.05 Å². The highest BCUT2D eigenvalue weighted by Gasteiger charge is 2.24. The number of nitrogens with zero attached hydrogens (tertiary/aromatic N) is 1. The Morgan fingerprint density at radius 1 is 1.07 bits per heavy atom. The summed E-state index contributed by atoms with van der Waals surface area (Å²) in [7, 11) is 1.21. The van der Waals surface area contributed by atoms with Crippen LogP contribution in [0.5, 0.6) is 11.5 Å². The number of hydrogen-bond acceptors (Lipinski definition) is 5. The zero-order valence-corrected chi connectivity index (χ0v) is 18.2. The Bertz CT molecular complexity index is 1180. The number of sulfone groups is 1. The predicted octanol–water partition coefficient (Wildman–Crippen LogP) is 3.10. The molecule has 3 aromatic rings. The van der Waals surface area contributed by atoms with Gasteiger partial charge >= 0.3 is 6.03 Å². The molecule has 2 aromatic carbocycles. The minimum atomic E-state index is -3.60. The molecule has 1 heterocycles. The van der Waals surface area contributed by atoms with Crippen molar-refractivity contribution >= 4 is 32.5 Å². The molecule has 1 aromatic heterocycles. The third-order valence-electron chi connectivity index (χ3n) is 4.96. The maximum Gasteiger partial charge on any atom is 0.319 e. The summed E-state index contributed by atoms with van der Waals surface area (Å²) < 4.78 is 38.3. The quantitative estimate of drug-likeness (QED) is 0.599. The lowest BCUT2D eigenvalue weighted by molar-refractivity contribution is 0.252. The second-order valence-electron chi connectivity index (χ2n) is 6.73. The molecule has 0 bridgehead atoms. The summed E-state index contributed by atoms with van der Waals surface area (Å²) in [6.07, 6.45) is 0. The number of benzene rings is 2. The molecule has 0 saturated carbocycles. The molecule has 30 heavy (non-hydrogen) atoms. The van der Waals surface area contributed by atoms with Crippen molar-refractivity contribution < 1.29 is 22.7 Å². The number of fused-ring (bicyclic) bond motifs is 1. The Morgan fingerprint density at radius 2 is 1.80 bits per heavy atom. The van der Waals surface area contributed by atoms with Crippen LogP contribution >= 0.6 is 0 Å². The molecule has 0 aliphatic carbocycles. The van der Waals surface area contributed by atoms with Crippen LogP contribution in [0.2, 0.25) is 0 Å². The molecule has 0 aliphatic rings. The number of ether oxygens (including phenoxy) is 2. The Kier molecular flexibility index (Phi) is 6.21. The van der Waals surface area contributed by atoms with E-state index in [1.54, 1.807) is 31.2 Å². The molecule has 9 heteroatoms. The van der Waals surface area contributed by atoms with E-state index in [0.29, 0.717) is 33.2 Å². The van der Waals surface area contributed by atoms with E-state index in [2.05, 4.69) is 10.6 Å². The number of hydrogen-bond donors (Lipinski definition) is 2. The number of rotatable bonds is 7. The number of methoxy groups -OCH3 is 2. The van der Waals surface area contributed by atoms with Crippen molar-refractivity contribution in [1.82, 2.24) is 9.88 Å². The molecule has 0 unspecified atom stereocenters. The van der Waals surface area contributed by atoms with Crippen molar-refractivity contribution in [1.29, 1.82) is 0 Å². The van der Waals surface area contributed by atoms with Gasteiger partial charge < -0.3 is 24.7 Å². The second-order valence-corrected chi connectivity index (χ2v) is 8.78. The number of carbonyl (C=O) groups excluding carboxylic acids is 1. The van der Waals surface area contributed by atoms with Gasteiger partial charge in [0.25, 0.3) is 0 Å². The molecule has 0 saturated heterocycles. The van der Waals surface area contributed by atoms with Gasteiger partial charge in [0.1, 0.15) is 0 Å². The fourth-order valence-corrected chi connectivity index (χ4v) is 5.10. The first-order valence-corrected chi connectivity index (χ1v) is 11.0. The van der Waals surface area contributed by atoms with Crippen LogP contribution in [0.3, 0.4) is 0 Å². The zero-order valence-electron chi connectivity index (χ0n) is 17.4. The van der Waals surface area contributed by atoms with Crippen LogP contribution in [0, 0.1) is 6.92 Å². The lowest BCUT2D eigenvalue weighted by atomic mass is 10.2. The van der Waals surface area contributed by atoms with E-state index in [1.807, 2.05) is 29.8 Å². The van der Waals surface area contributed by atoms with Crippen LogP contribution < -0.4 is 20.1 Å². The number of carbonyl (C=O) groups is 1. The molecule has 8 nitrogen and oxygen atoms in total. The van der Waals surface area contributed by atoms with E-state index in [9.17, 15) is 13.2 Å². The Balaban J connectivity index is 1.70. The minimum Gasteiger partial charge on any atom is -0.493 e. The number of para-hydroxylation sites is 2. The van der Waals surface area contributed by atoms with Crippen LogP contribution in [-0.4, -0.2) is 45.5 Å². The van der Waals surface area contributed by atoms with Gasteiger partial charge in [-0.25, -0.2) is 13.2 Å². The summed E-state index contributed by atoms with van der Waals surface area (Å²) in [5.41, 5.74) is 1.94. The summed E-state index contributed by atoms with van der Waals surface area (Å²) in [6.45, 7) is 1.74. The standard InChI is InChI=1S/C21H25N3O5S/c1-14-20(15-8-5-6-10-17(15)24(14)2)30(26,27)13-12-22-21(25)23-16-9-7-11-18(28-3)19(16)29-4/h5-11H,12-13H2,1-4H3,(H2,22,23,25). The van der Waals surface area contributed by atoms with Crippen LogP contribution in [0.15, 0.2) is 47.4 Å². The molecule has 3 rings (SSSR count). The minimum absolute atomic E-state index is 0.0386. The normalized spacial score (nSPS) is 11.3. The monoisotopic (exact) mass is 431 g/mol. The van der Waals surface area contributed by atoms with Crippen LogP contribution in [0.25, 0.3) is 10.9 Å². The lowest BCUT2D eigenvalue weighted by Crippen LogP contribution is -2.33. The molecule has 0 fully saturated rings. The van der Waals surface area contributed by atoms with Crippen molar-refractivity contribution in [3.63, 3.8) is 0 Å². The Labute approximate surface area is 175 Å². The molecule has 0 spiro atoms. The van der Waals surface area contributed by atoms with Gasteiger partial charge in [0.05, 0.1) is 30.6 Å². The highest BCUT2D eigenvalue weighted by molar-refractivity contribution is 7.91. The van der Waals surface area contributed by atoms with E-state index in [-0.39, 0.29) is 12.3 Å². The topological polar surface area (TPSA) is 98.7 Å². The highest BCUT2D eigenvalue weighted by atomic mass is 32.2. The third kappa shape index (κ3) is 4.06. The number of aromatic nitrogens is 1. The van der Waals surface area contributed by atoms with Gasteiger partial charge in [0.15, 0.2) is 21.3 Å². The zero-order chi connectivity index (χ0) is 21.9.